The van der Waals surface area contributed by atoms with Crippen LogP contribution in [0.2, 0.25) is 0 Å². The van der Waals surface area contributed by atoms with Crippen molar-refractivity contribution in [3.05, 3.63) is 23.9 Å². The first-order valence-corrected chi connectivity index (χ1v) is 3.77. The van der Waals surface area contributed by atoms with E-state index in [-0.39, 0.29) is 0 Å². The highest BCUT2D eigenvalue weighted by atomic mass is 15.1. The summed E-state index contributed by atoms with van der Waals surface area (Å²) in [5.41, 5.74) is 1.28. The third-order valence-corrected chi connectivity index (χ3v) is 1.68. The number of rotatable bonds is 0. The maximum absolute atomic E-state index is 4.28. The maximum atomic E-state index is 4.28. The predicted molar refractivity (Wildman–Crippen MR) is 48.6 cm³/mol. The van der Waals surface area contributed by atoms with Crippen LogP contribution in [0.15, 0.2) is 28.9 Å². The molecule has 0 aromatic carbocycles. The molecule has 0 aliphatic carbocycles. The lowest BCUT2D eigenvalue weighted by Gasteiger charge is -2.12. The van der Waals surface area contributed by atoms with Crippen LogP contribution in [-0.4, -0.2) is 24.8 Å². The topological polar surface area (TPSA) is 15.6 Å². The Kier molecular flexibility index (Phi) is 2.47. The Bertz CT molecular complexity index is 219. The van der Waals surface area contributed by atoms with Gasteiger partial charge in [0.2, 0.25) is 0 Å². The largest absolute Gasteiger partial charge is 0.366 e. The fraction of sp³-hybridized carbons (Fsp3) is 0.444. The van der Waals surface area contributed by atoms with Crippen LogP contribution >= 0.6 is 0 Å². The van der Waals surface area contributed by atoms with Crippen molar-refractivity contribution in [2.75, 3.05) is 14.1 Å². The van der Waals surface area contributed by atoms with E-state index < -0.39 is 0 Å². The minimum atomic E-state index is 0.936. The van der Waals surface area contributed by atoms with E-state index in [1.165, 1.54) is 5.57 Å². The van der Waals surface area contributed by atoms with Gasteiger partial charge in [-0.05, 0) is 13.0 Å². The van der Waals surface area contributed by atoms with Crippen molar-refractivity contribution in [3.63, 3.8) is 0 Å². The Morgan fingerprint density at radius 3 is 2.82 bits per heavy atom. The highest BCUT2D eigenvalue weighted by Crippen LogP contribution is 2.05. The molecule has 0 radical (unpaired) electrons. The van der Waals surface area contributed by atoms with Gasteiger partial charge < -0.3 is 4.90 Å². The zero-order valence-corrected chi connectivity index (χ0v) is 7.33. The summed E-state index contributed by atoms with van der Waals surface area (Å²) in [6.07, 6.45) is 7.00. The molecule has 1 rings (SSSR count). The molecular weight excluding hydrogens is 136 g/mol. The summed E-state index contributed by atoms with van der Waals surface area (Å²) >= 11 is 0. The summed E-state index contributed by atoms with van der Waals surface area (Å²) in [6.45, 7) is 2.09. The normalized spacial score (nSPS) is 17.0. The molecule has 0 saturated heterocycles. The molecule has 0 bridgehead atoms. The van der Waals surface area contributed by atoms with Gasteiger partial charge >= 0.3 is 0 Å². The molecule has 60 valence electrons. The van der Waals surface area contributed by atoms with Crippen molar-refractivity contribution in [1.29, 1.82) is 0 Å². The van der Waals surface area contributed by atoms with Gasteiger partial charge in [-0.25, -0.2) is 4.99 Å². The highest BCUT2D eigenvalue weighted by molar-refractivity contribution is 5.84. The fourth-order valence-corrected chi connectivity index (χ4v) is 0.912. The van der Waals surface area contributed by atoms with E-state index in [4.69, 9.17) is 0 Å². The summed E-state index contributed by atoms with van der Waals surface area (Å²) in [4.78, 5) is 6.32. The number of allylic oxidation sites excluding steroid dienone is 2. The first kappa shape index (κ1) is 8.05. The lowest BCUT2D eigenvalue weighted by Crippen LogP contribution is -2.20. The first-order valence-electron chi connectivity index (χ1n) is 3.77. The summed E-state index contributed by atoms with van der Waals surface area (Å²) < 4.78 is 0. The first-order chi connectivity index (χ1) is 5.20. The third-order valence-electron chi connectivity index (χ3n) is 1.68. The fourth-order valence-electron chi connectivity index (χ4n) is 0.912. The van der Waals surface area contributed by atoms with Crippen LogP contribution in [-0.2, 0) is 0 Å². The standard InChI is InChI=1S/C9H14N2/c1-8-4-5-9(11(2)3)10-7-6-8/h4,6-7H,5H2,1-3H3. The third kappa shape index (κ3) is 2.22. The molecule has 1 aliphatic rings. The minimum Gasteiger partial charge on any atom is -0.366 e. The molecule has 0 unspecified atom stereocenters. The zero-order chi connectivity index (χ0) is 8.27. The lowest BCUT2D eigenvalue weighted by atomic mass is 10.2. The molecule has 0 spiro atoms. The van der Waals surface area contributed by atoms with Crippen molar-refractivity contribution in [1.82, 2.24) is 4.90 Å². The smallest absolute Gasteiger partial charge is 0.107 e. The Labute approximate surface area is 67.9 Å². The van der Waals surface area contributed by atoms with Gasteiger partial charge in [0.05, 0.1) is 0 Å². The number of nitrogens with zero attached hydrogens (tertiary/aromatic N) is 2. The SMILES string of the molecule is CC1=CCC(N(C)C)=NC=C1. The van der Waals surface area contributed by atoms with Gasteiger partial charge in [-0.15, -0.1) is 0 Å². The van der Waals surface area contributed by atoms with E-state index in [9.17, 15) is 0 Å². The molecule has 1 heterocycles. The molecule has 0 atom stereocenters. The lowest BCUT2D eigenvalue weighted by molar-refractivity contribution is 0.612. The monoisotopic (exact) mass is 150 g/mol. The molecule has 0 aromatic rings. The number of amidine groups is 1. The van der Waals surface area contributed by atoms with E-state index in [2.05, 4.69) is 18.0 Å². The van der Waals surface area contributed by atoms with Crippen molar-refractivity contribution < 1.29 is 0 Å². The second-order valence-corrected chi connectivity index (χ2v) is 2.91. The van der Waals surface area contributed by atoms with Gasteiger partial charge in [0, 0.05) is 26.7 Å². The second-order valence-electron chi connectivity index (χ2n) is 2.91. The van der Waals surface area contributed by atoms with E-state index in [0.29, 0.717) is 0 Å². The molecule has 11 heavy (non-hydrogen) atoms. The summed E-state index contributed by atoms with van der Waals surface area (Å²) in [5, 5.41) is 0. The van der Waals surface area contributed by atoms with Gasteiger partial charge in [0.25, 0.3) is 0 Å². The van der Waals surface area contributed by atoms with Crippen LogP contribution in [0.5, 0.6) is 0 Å². The second kappa shape index (κ2) is 3.37. The van der Waals surface area contributed by atoms with Crippen molar-refractivity contribution in [3.8, 4) is 0 Å². The molecule has 0 amide bonds. The number of hydrogen-bond donors (Lipinski definition) is 0. The average Bonchev–Trinajstić information content (AvgIpc) is 2.13. The zero-order valence-electron chi connectivity index (χ0n) is 7.33. The molecular formula is C9H14N2. The maximum Gasteiger partial charge on any atom is 0.107 e. The molecule has 2 heteroatoms. The van der Waals surface area contributed by atoms with E-state index in [1.807, 2.05) is 31.3 Å². The van der Waals surface area contributed by atoms with E-state index in [1.54, 1.807) is 0 Å². The van der Waals surface area contributed by atoms with Gasteiger partial charge in [-0.1, -0.05) is 11.6 Å². The van der Waals surface area contributed by atoms with E-state index in [0.717, 1.165) is 12.3 Å². The van der Waals surface area contributed by atoms with Gasteiger partial charge in [-0.2, -0.15) is 0 Å². The van der Waals surface area contributed by atoms with Crippen molar-refractivity contribution >= 4 is 5.84 Å². The van der Waals surface area contributed by atoms with Crippen LogP contribution < -0.4 is 0 Å². The quantitative estimate of drug-likeness (QED) is 0.514. The van der Waals surface area contributed by atoms with Crippen LogP contribution in [0, 0.1) is 0 Å². The van der Waals surface area contributed by atoms with E-state index >= 15 is 0 Å². The Morgan fingerprint density at radius 1 is 1.45 bits per heavy atom. The van der Waals surface area contributed by atoms with Crippen molar-refractivity contribution in [2.24, 2.45) is 4.99 Å². The van der Waals surface area contributed by atoms with Gasteiger partial charge in [0.1, 0.15) is 5.84 Å². The average molecular weight is 150 g/mol. The summed E-state index contributed by atoms with van der Waals surface area (Å²) in [5.74, 6) is 1.11. The van der Waals surface area contributed by atoms with Crippen molar-refractivity contribution in [2.45, 2.75) is 13.3 Å². The Balaban J connectivity index is 2.73. The molecule has 0 N–H and O–H groups in total. The minimum absolute atomic E-state index is 0.936. The van der Waals surface area contributed by atoms with Crippen LogP contribution in [0.1, 0.15) is 13.3 Å². The Morgan fingerprint density at radius 2 is 2.18 bits per heavy atom. The summed E-state index contributed by atoms with van der Waals surface area (Å²) in [6, 6.07) is 0. The number of aliphatic imine (C=N–C) groups is 1. The molecule has 0 aromatic heterocycles. The molecule has 0 fully saturated rings. The van der Waals surface area contributed by atoms with Crippen LogP contribution in [0.25, 0.3) is 0 Å². The predicted octanol–water partition coefficient (Wildman–Crippen LogP) is 1.81. The molecule has 2 nitrogen and oxygen atoms in total. The molecule has 1 aliphatic heterocycles. The van der Waals surface area contributed by atoms with Crippen LogP contribution in [0.3, 0.4) is 0 Å². The van der Waals surface area contributed by atoms with Gasteiger partial charge in [0.15, 0.2) is 0 Å². The summed E-state index contributed by atoms with van der Waals surface area (Å²) in [7, 11) is 4.03. The van der Waals surface area contributed by atoms with Gasteiger partial charge in [-0.3, -0.25) is 0 Å². The van der Waals surface area contributed by atoms with Crippen LogP contribution in [0.4, 0.5) is 0 Å². The number of hydrogen-bond acceptors (Lipinski definition) is 2. The Hall–Kier alpha value is -1.05. The highest BCUT2D eigenvalue weighted by Gasteiger charge is 2.00. The molecule has 0 saturated carbocycles.